The number of thioether (sulfide) groups is 1. The molecule has 174 valence electrons. The molecular weight excluding hydrogens is 476 g/mol. The van der Waals surface area contributed by atoms with Gasteiger partial charge in [-0.1, -0.05) is 41.6 Å². The summed E-state index contributed by atoms with van der Waals surface area (Å²) in [5.74, 6) is 0.898. The summed E-state index contributed by atoms with van der Waals surface area (Å²) in [6.07, 6.45) is 0.454. The minimum absolute atomic E-state index is 0.138. The first kappa shape index (κ1) is 23.5. The third kappa shape index (κ3) is 5.83. The summed E-state index contributed by atoms with van der Waals surface area (Å²) in [5, 5.41) is 19.6. The average molecular weight is 497 g/mol. The minimum atomic E-state index is -0.222. The van der Waals surface area contributed by atoms with Crippen molar-refractivity contribution in [2.45, 2.75) is 11.4 Å². The summed E-state index contributed by atoms with van der Waals surface area (Å²) in [4.78, 5) is 24.6. The molecular formula is C23H21ClN6O3S. The topological polar surface area (TPSA) is 111 Å². The van der Waals surface area contributed by atoms with Gasteiger partial charge in [0, 0.05) is 23.6 Å². The molecule has 0 saturated carbocycles. The maximum absolute atomic E-state index is 12.4. The van der Waals surface area contributed by atoms with Crippen molar-refractivity contribution >= 4 is 46.5 Å². The van der Waals surface area contributed by atoms with Gasteiger partial charge in [0.25, 0.3) is 5.91 Å². The van der Waals surface area contributed by atoms with Crippen LogP contribution in [0, 0.1) is 0 Å². The molecule has 0 atom stereocenters. The Bertz CT molecular complexity index is 1310. The molecule has 2 N–H and O–H groups in total. The highest BCUT2D eigenvalue weighted by Gasteiger charge is 2.12. The van der Waals surface area contributed by atoms with E-state index in [9.17, 15) is 9.59 Å². The van der Waals surface area contributed by atoms with Crippen LogP contribution in [0.15, 0.2) is 65.7 Å². The number of nitrogens with zero attached hydrogens (tertiary/aromatic N) is 4. The van der Waals surface area contributed by atoms with Gasteiger partial charge in [-0.15, -0.1) is 10.2 Å². The zero-order valence-corrected chi connectivity index (χ0v) is 19.8. The summed E-state index contributed by atoms with van der Waals surface area (Å²) < 4.78 is 6.87. The van der Waals surface area contributed by atoms with Gasteiger partial charge in [-0.25, -0.2) is 0 Å². The van der Waals surface area contributed by atoms with Gasteiger partial charge in [-0.05, 0) is 42.5 Å². The Morgan fingerprint density at radius 3 is 2.71 bits per heavy atom. The molecule has 4 rings (SSSR count). The SMILES string of the molecule is COc1ccc(Cl)cc1NC(=O)CSc1ccc2nnc(CCNC(=O)c3ccccc3)n2n1. The van der Waals surface area contributed by atoms with Crippen LogP contribution >= 0.6 is 23.4 Å². The van der Waals surface area contributed by atoms with Crippen molar-refractivity contribution in [2.24, 2.45) is 0 Å². The van der Waals surface area contributed by atoms with Crippen molar-refractivity contribution in [3.05, 3.63) is 77.1 Å². The van der Waals surface area contributed by atoms with E-state index in [1.165, 1.54) is 18.9 Å². The van der Waals surface area contributed by atoms with Crippen LogP contribution in [0.25, 0.3) is 5.65 Å². The zero-order valence-electron chi connectivity index (χ0n) is 18.2. The fraction of sp³-hybridized carbons (Fsp3) is 0.174. The number of anilines is 1. The molecule has 11 heteroatoms. The van der Waals surface area contributed by atoms with E-state index in [0.717, 1.165) is 0 Å². The molecule has 0 spiro atoms. The Kier molecular flexibility index (Phi) is 7.61. The Labute approximate surface area is 204 Å². The van der Waals surface area contributed by atoms with Gasteiger partial charge in [0.1, 0.15) is 10.8 Å². The van der Waals surface area contributed by atoms with Crippen LogP contribution in [0.3, 0.4) is 0 Å². The molecule has 0 aliphatic rings. The van der Waals surface area contributed by atoms with Crippen LogP contribution in [0.4, 0.5) is 5.69 Å². The van der Waals surface area contributed by atoms with Crippen molar-refractivity contribution in [2.75, 3.05) is 24.7 Å². The van der Waals surface area contributed by atoms with Crippen LogP contribution in [-0.4, -0.2) is 51.0 Å². The van der Waals surface area contributed by atoms with Gasteiger partial charge in [0.2, 0.25) is 5.91 Å². The lowest BCUT2D eigenvalue weighted by atomic mass is 10.2. The van der Waals surface area contributed by atoms with Gasteiger partial charge in [0.15, 0.2) is 11.5 Å². The average Bonchev–Trinajstić information content (AvgIpc) is 3.25. The number of nitrogens with one attached hydrogen (secondary N) is 2. The molecule has 0 saturated heterocycles. The number of carbonyl (C=O) groups is 2. The van der Waals surface area contributed by atoms with Crippen molar-refractivity contribution in [1.29, 1.82) is 0 Å². The van der Waals surface area contributed by atoms with E-state index >= 15 is 0 Å². The van der Waals surface area contributed by atoms with Gasteiger partial charge in [-0.2, -0.15) is 9.61 Å². The normalized spacial score (nSPS) is 10.8. The first-order valence-electron chi connectivity index (χ1n) is 10.3. The first-order valence-corrected chi connectivity index (χ1v) is 11.7. The Hall–Kier alpha value is -3.63. The fourth-order valence-corrected chi connectivity index (χ4v) is 3.96. The van der Waals surface area contributed by atoms with Gasteiger partial charge < -0.3 is 15.4 Å². The largest absolute Gasteiger partial charge is 0.495 e. The second-order valence-corrected chi connectivity index (χ2v) is 8.54. The summed E-state index contributed by atoms with van der Waals surface area (Å²) in [5.41, 5.74) is 1.68. The van der Waals surface area contributed by atoms with Crippen molar-refractivity contribution in [3.63, 3.8) is 0 Å². The van der Waals surface area contributed by atoms with Crippen LogP contribution in [0.1, 0.15) is 16.2 Å². The van der Waals surface area contributed by atoms with Crippen LogP contribution in [-0.2, 0) is 11.2 Å². The lowest BCUT2D eigenvalue weighted by molar-refractivity contribution is -0.113. The molecule has 0 fully saturated rings. The predicted octanol–water partition coefficient (Wildman–Crippen LogP) is 3.49. The summed E-state index contributed by atoms with van der Waals surface area (Å²) in [6, 6.07) is 17.6. The Balaban J connectivity index is 1.35. The number of hydrogen-bond donors (Lipinski definition) is 2. The third-order valence-electron chi connectivity index (χ3n) is 4.76. The monoisotopic (exact) mass is 496 g/mol. The second-order valence-electron chi connectivity index (χ2n) is 7.11. The number of rotatable bonds is 9. The van der Waals surface area contributed by atoms with E-state index < -0.39 is 0 Å². The highest BCUT2D eigenvalue weighted by atomic mass is 35.5. The number of benzene rings is 2. The van der Waals surface area contributed by atoms with E-state index in [0.29, 0.717) is 51.5 Å². The molecule has 9 nitrogen and oxygen atoms in total. The lowest BCUT2D eigenvalue weighted by Crippen LogP contribution is -2.26. The zero-order chi connectivity index (χ0) is 23.9. The maximum atomic E-state index is 12.4. The van der Waals surface area contributed by atoms with Gasteiger partial charge >= 0.3 is 0 Å². The number of amides is 2. The lowest BCUT2D eigenvalue weighted by Gasteiger charge is -2.10. The molecule has 2 heterocycles. The fourth-order valence-electron chi connectivity index (χ4n) is 3.13. The number of aromatic nitrogens is 4. The molecule has 0 unspecified atom stereocenters. The minimum Gasteiger partial charge on any atom is -0.495 e. The van der Waals surface area contributed by atoms with Crippen molar-refractivity contribution in [3.8, 4) is 5.75 Å². The van der Waals surface area contributed by atoms with Gasteiger partial charge in [-0.3, -0.25) is 9.59 Å². The number of halogens is 1. The number of methoxy groups -OCH3 is 1. The summed E-state index contributed by atoms with van der Waals surface area (Å²) in [6.45, 7) is 0.386. The van der Waals surface area contributed by atoms with Crippen LogP contribution in [0.2, 0.25) is 5.02 Å². The molecule has 2 aromatic heterocycles. The van der Waals surface area contributed by atoms with E-state index in [-0.39, 0.29) is 17.6 Å². The van der Waals surface area contributed by atoms with Crippen LogP contribution < -0.4 is 15.4 Å². The predicted molar refractivity (Wildman–Crippen MR) is 131 cm³/mol. The molecule has 0 radical (unpaired) electrons. The quantitative estimate of drug-likeness (QED) is 0.341. The Morgan fingerprint density at radius 1 is 1.09 bits per heavy atom. The second kappa shape index (κ2) is 11.0. The number of fused-ring (bicyclic) bond motifs is 1. The van der Waals surface area contributed by atoms with Crippen molar-refractivity contribution in [1.82, 2.24) is 25.1 Å². The standard InChI is InChI=1S/C23H21ClN6O3S/c1-33-18-8-7-16(24)13-17(18)26-21(31)14-34-22-10-9-19-27-28-20(30(19)29-22)11-12-25-23(32)15-5-3-2-4-6-15/h2-10,13H,11-12,14H2,1H3,(H,25,32)(H,26,31). The first-order chi connectivity index (χ1) is 16.5. The number of carbonyl (C=O) groups excluding carboxylic acids is 2. The molecule has 2 aromatic carbocycles. The van der Waals surface area contributed by atoms with E-state index in [4.69, 9.17) is 16.3 Å². The maximum Gasteiger partial charge on any atom is 0.251 e. The van der Waals surface area contributed by atoms with Crippen molar-refractivity contribution < 1.29 is 14.3 Å². The summed E-state index contributed by atoms with van der Waals surface area (Å²) in [7, 11) is 1.52. The summed E-state index contributed by atoms with van der Waals surface area (Å²) >= 11 is 7.29. The molecule has 34 heavy (non-hydrogen) atoms. The van der Waals surface area contributed by atoms with E-state index in [2.05, 4.69) is 25.9 Å². The molecule has 0 aliphatic heterocycles. The van der Waals surface area contributed by atoms with E-state index in [1.54, 1.807) is 47.0 Å². The smallest absolute Gasteiger partial charge is 0.251 e. The number of hydrogen-bond acceptors (Lipinski definition) is 7. The molecule has 2 amide bonds. The third-order valence-corrected chi connectivity index (χ3v) is 5.91. The highest BCUT2D eigenvalue weighted by molar-refractivity contribution is 7.99. The number of ether oxygens (including phenoxy) is 1. The molecule has 0 aliphatic carbocycles. The van der Waals surface area contributed by atoms with E-state index in [1.807, 2.05) is 18.2 Å². The highest BCUT2D eigenvalue weighted by Crippen LogP contribution is 2.28. The Morgan fingerprint density at radius 2 is 1.91 bits per heavy atom. The van der Waals surface area contributed by atoms with Crippen LogP contribution in [0.5, 0.6) is 5.75 Å². The molecule has 0 bridgehead atoms. The van der Waals surface area contributed by atoms with Gasteiger partial charge in [0.05, 0.1) is 18.6 Å². The molecule has 4 aromatic rings.